The maximum atomic E-state index is 13.8. The molecule has 2 unspecified atom stereocenters. The summed E-state index contributed by atoms with van der Waals surface area (Å²) in [7, 11) is -2.44. The molecule has 5 atom stereocenters. The molecule has 0 saturated carbocycles. The van der Waals surface area contributed by atoms with Crippen molar-refractivity contribution in [2.75, 3.05) is 33.4 Å². The molecule has 3 aromatic carbocycles. The average Bonchev–Trinajstić information content (AvgIpc) is 3.69. The smallest absolute Gasteiger partial charge is 0.306 e. The predicted molar refractivity (Wildman–Crippen MR) is 175 cm³/mol. The second-order valence-corrected chi connectivity index (χ2v) is 14.5. The van der Waals surface area contributed by atoms with Crippen molar-refractivity contribution in [1.82, 2.24) is 4.31 Å². The lowest BCUT2D eigenvalue weighted by Crippen LogP contribution is -2.43. The number of hydrogen-bond acceptors (Lipinski definition) is 9. The molecule has 254 valence electrons. The molecule has 1 N–H and O–H groups in total. The van der Waals surface area contributed by atoms with E-state index in [2.05, 4.69) is 0 Å². The van der Waals surface area contributed by atoms with Gasteiger partial charge in [0.1, 0.15) is 24.2 Å². The minimum absolute atomic E-state index is 0.00832. The molecule has 0 bridgehead atoms. The van der Waals surface area contributed by atoms with Crippen molar-refractivity contribution in [2.45, 2.75) is 63.1 Å². The molecule has 2 saturated heterocycles. The van der Waals surface area contributed by atoms with E-state index in [1.54, 1.807) is 12.1 Å². The maximum absolute atomic E-state index is 13.8. The summed E-state index contributed by atoms with van der Waals surface area (Å²) < 4.78 is 57.0. The number of hydrogen-bond donors (Lipinski definition) is 1. The molecular formula is C36H45NO9S. The van der Waals surface area contributed by atoms with E-state index in [0.29, 0.717) is 31.1 Å². The van der Waals surface area contributed by atoms with Crippen molar-refractivity contribution in [1.29, 1.82) is 0 Å². The normalized spacial score (nSPS) is 20.6. The van der Waals surface area contributed by atoms with Gasteiger partial charge in [0.05, 0.1) is 43.7 Å². The molecule has 2 fully saturated rings. The van der Waals surface area contributed by atoms with Crippen molar-refractivity contribution < 1.29 is 42.0 Å². The van der Waals surface area contributed by atoms with Gasteiger partial charge in [-0.15, -0.1) is 0 Å². The zero-order valence-electron chi connectivity index (χ0n) is 27.2. The van der Waals surface area contributed by atoms with Crippen LogP contribution in [0.1, 0.15) is 37.8 Å². The van der Waals surface area contributed by atoms with Crippen molar-refractivity contribution in [3.05, 3.63) is 90.0 Å². The molecule has 10 nitrogen and oxygen atoms in total. The molecule has 0 aromatic heterocycles. The number of carbonyl (C=O) groups is 1. The van der Waals surface area contributed by atoms with Crippen molar-refractivity contribution in [2.24, 2.45) is 17.8 Å². The van der Waals surface area contributed by atoms with Crippen molar-refractivity contribution in [3.63, 3.8) is 0 Å². The topological polar surface area (TPSA) is 121 Å². The Hall–Kier alpha value is -3.48. The van der Waals surface area contributed by atoms with Gasteiger partial charge in [-0.3, -0.25) is 4.79 Å². The van der Waals surface area contributed by atoms with Crippen molar-refractivity contribution in [3.8, 4) is 11.5 Å². The molecule has 11 heteroatoms. The first kappa shape index (κ1) is 34.8. The van der Waals surface area contributed by atoms with Crippen LogP contribution in [0.15, 0.2) is 83.8 Å². The van der Waals surface area contributed by atoms with Gasteiger partial charge in [-0.05, 0) is 66.3 Å². The van der Waals surface area contributed by atoms with Crippen LogP contribution in [0.5, 0.6) is 11.5 Å². The summed E-state index contributed by atoms with van der Waals surface area (Å²) in [5.74, 6) is 0.117. The molecule has 0 amide bonds. The van der Waals surface area contributed by atoms with E-state index < -0.39 is 34.1 Å². The number of aliphatic hydroxyl groups is 1. The Kier molecular flexibility index (Phi) is 11.9. The zero-order valence-corrected chi connectivity index (χ0v) is 28.0. The van der Waals surface area contributed by atoms with Crippen LogP contribution in [-0.2, 0) is 42.1 Å². The Labute approximate surface area is 277 Å². The minimum atomic E-state index is -3.96. The number of methoxy groups -OCH3 is 1. The van der Waals surface area contributed by atoms with Gasteiger partial charge in [0.15, 0.2) is 6.29 Å². The number of aliphatic hydroxyl groups excluding tert-OH is 1. The first-order chi connectivity index (χ1) is 22.6. The largest absolute Gasteiger partial charge is 0.497 e. The first-order valence-electron chi connectivity index (χ1n) is 16.1. The lowest BCUT2D eigenvalue weighted by atomic mass is 9.90. The summed E-state index contributed by atoms with van der Waals surface area (Å²) in [5, 5.41) is 11.7. The van der Waals surface area contributed by atoms with Gasteiger partial charge < -0.3 is 28.8 Å². The lowest BCUT2D eigenvalue weighted by molar-refractivity contribution is -0.153. The molecule has 2 heterocycles. The number of ether oxygens (including phenoxy) is 5. The summed E-state index contributed by atoms with van der Waals surface area (Å²) in [5.41, 5.74) is 1.92. The van der Waals surface area contributed by atoms with Crippen LogP contribution in [0.2, 0.25) is 0 Å². The third-order valence-electron chi connectivity index (χ3n) is 8.57. The monoisotopic (exact) mass is 667 g/mol. The van der Waals surface area contributed by atoms with Gasteiger partial charge in [-0.1, -0.05) is 56.3 Å². The maximum Gasteiger partial charge on any atom is 0.306 e. The molecule has 2 aliphatic heterocycles. The highest BCUT2D eigenvalue weighted by molar-refractivity contribution is 7.89. The van der Waals surface area contributed by atoms with E-state index in [1.807, 2.05) is 68.4 Å². The number of fused-ring (bicyclic) bond motifs is 1. The van der Waals surface area contributed by atoms with Crippen molar-refractivity contribution >= 4 is 16.0 Å². The van der Waals surface area contributed by atoms with E-state index in [0.717, 1.165) is 17.5 Å². The zero-order chi connectivity index (χ0) is 33.4. The molecule has 47 heavy (non-hydrogen) atoms. The highest BCUT2D eigenvalue weighted by atomic mass is 32.2. The van der Waals surface area contributed by atoms with Gasteiger partial charge >= 0.3 is 5.97 Å². The summed E-state index contributed by atoms with van der Waals surface area (Å²) >= 11 is 0. The van der Waals surface area contributed by atoms with E-state index in [1.165, 1.54) is 23.5 Å². The van der Waals surface area contributed by atoms with E-state index in [-0.39, 0.29) is 49.1 Å². The minimum Gasteiger partial charge on any atom is -0.497 e. The van der Waals surface area contributed by atoms with Gasteiger partial charge in [-0.25, -0.2) is 8.42 Å². The number of carbonyl (C=O) groups excluding carboxylic acids is 1. The highest BCUT2D eigenvalue weighted by Crippen LogP contribution is 2.34. The summed E-state index contributed by atoms with van der Waals surface area (Å²) in [4.78, 5) is 13.4. The Morgan fingerprint density at radius 2 is 1.64 bits per heavy atom. The van der Waals surface area contributed by atoms with Gasteiger partial charge in [0.25, 0.3) is 0 Å². The van der Waals surface area contributed by atoms with Gasteiger partial charge in [-0.2, -0.15) is 4.31 Å². The van der Waals surface area contributed by atoms with Crippen LogP contribution >= 0.6 is 0 Å². The number of sulfonamides is 1. The van der Waals surface area contributed by atoms with Gasteiger partial charge in [0, 0.05) is 19.0 Å². The number of esters is 1. The second kappa shape index (κ2) is 16.1. The molecule has 5 rings (SSSR count). The summed E-state index contributed by atoms with van der Waals surface area (Å²) in [6, 6.07) is 23.6. The summed E-state index contributed by atoms with van der Waals surface area (Å²) in [6.45, 7) is 5.10. The number of rotatable bonds is 16. The molecule has 0 spiro atoms. The fourth-order valence-electron chi connectivity index (χ4n) is 6.02. The fraction of sp³-hybridized carbons (Fsp3) is 0.472. The molecule has 2 aliphatic rings. The average molecular weight is 668 g/mol. The SMILES string of the molecule is COc1ccc(S(=O)(=O)N(CC(C)C)C[C@@H](O)[C@@H](CC(=O)OC2CO[C@H]3OCCC23)Cc2ccc(OCc3ccccc3)cc2)cc1. The third kappa shape index (κ3) is 9.33. The third-order valence-corrected chi connectivity index (χ3v) is 10.4. The fourth-order valence-corrected chi connectivity index (χ4v) is 7.64. The molecular weight excluding hydrogens is 622 g/mol. The van der Waals surface area contributed by atoms with Crippen LogP contribution in [0, 0.1) is 17.8 Å². The Balaban J connectivity index is 1.31. The van der Waals surface area contributed by atoms with E-state index in [9.17, 15) is 18.3 Å². The predicted octanol–water partition coefficient (Wildman–Crippen LogP) is 4.84. The van der Waals surface area contributed by atoms with Crippen LogP contribution in [0.25, 0.3) is 0 Å². The molecule has 0 aliphatic carbocycles. The number of benzene rings is 3. The standard InChI is InChI=1S/C36H45NO9S/c1-25(2)21-37(47(40,41)31-15-13-29(42-3)14-16-31)22-33(38)28(20-35(39)46-34-24-45-36-32(34)17-18-43-36)19-26-9-11-30(12-10-26)44-23-27-7-5-4-6-8-27/h4-16,25,28,32-34,36,38H,17-24H2,1-3H3/t28-,32?,33-,34?,36-/m1/s1. The quantitative estimate of drug-likeness (QED) is 0.214. The number of nitrogens with zero attached hydrogens (tertiary/aromatic N) is 1. The molecule has 3 aromatic rings. The van der Waals surface area contributed by atoms with Crippen LogP contribution in [0.4, 0.5) is 0 Å². The molecule has 0 radical (unpaired) electrons. The van der Waals surface area contributed by atoms with Gasteiger partial charge in [0.2, 0.25) is 10.0 Å². The Bertz CT molecular complexity index is 1530. The Morgan fingerprint density at radius 3 is 2.32 bits per heavy atom. The lowest BCUT2D eigenvalue weighted by Gasteiger charge is -2.30. The van der Waals surface area contributed by atoms with Crippen LogP contribution < -0.4 is 9.47 Å². The Morgan fingerprint density at radius 1 is 0.936 bits per heavy atom. The summed E-state index contributed by atoms with van der Waals surface area (Å²) in [6.07, 6.45) is -0.956. The highest BCUT2D eigenvalue weighted by Gasteiger charge is 2.44. The van der Waals surface area contributed by atoms with E-state index in [4.69, 9.17) is 23.7 Å². The van der Waals surface area contributed by atoms with Crippen LogP contribution in [0.3, 0.4) is 0 Å². The second-order valence-electron chi connectivity index (χ2n) is 12.6. The van der Waals surface area contributed by atoms with Crippen LogP contribution in [-0.4, -0.2) is 75.7 Å². The first-order valence-corrected chi connectivity index (χ1v) is 17.6. The van der Waals surface area contributed by atoms with E-state index >= 15 is 0 Å².